The van der Waals surface area contributed by atoms with Crippen molar-refractivity contribution in [3.8, 4) is 0 Å². The molecule has 0 radical (unpaired) electrons. The van der Waals surface area contributed by atoms with Crippen LogP contribution in [-0.2, 0) is 4.79 Å². The van der Waals surface area contributed by atoms with Crippen molar-refractivity contribution in [2.75, 3.05) is 24.5 Å². The third kappa shape index (κ3) is 2.73. The summed E-state index contributed by atoms with van der Waals surface area (Å²) < 4.78 is 0. The monoisotopic (exact) mass is 340 g/mol. The van der Waals surface area contributed by atoms with Gasteiger partial charge in [0.15, 0.2) is 0 Å². The molecule has 1 atom stereocenters. The van der Waals surface area contributed by atoms with E-state index in [0.29, 0.717) is 18.9 Å². The molecule has 1 aromatic carbocycles. The van der Waals surface area contributed by atoms with Gasteiger partial charge in [-0.1, -0.05) is 24.3 Å². The standard InChI is InChI=1S/C19H20N2O2S/c22-18-8-3-10-20(18)11-9-14-13-21(16-6-2-1-5-15(14)16)19(23)17-7-4-12-24-17/h1-2,4-7,12,14H,3,8-11,13H2/t14-/m0/s1. The Hall–Kier alpha value is -2.14. The molecule has 4 nitrogen and oxygen atoms in total. The van der Waals surface area contributed by atoms with Crippen molar-refractivity contribution < 1.29 is 9.59 Å². The minimum Gasteiger partial charge on any atom is -0.343 e. The molecule has 3 heterocycles. The molecule has 0 spiro atoms. The van der Waals surface area contributed by atoms with Gasteiger partial charge in [-0.2, -0.15) is 0 Å². The summed E-state index contributed by atoms with van der Waals surface area (Å²) in [6.07, 6.45) is 2.57. The number of fused-ring (bicyclic) bond motifs is 1. The number of carbonyl (C=O) groups excluding carboxylic acids is 2. The lowest BCUT2D eigenvalue weighted by Crippen LogP contribution is -2.31. The van der Waals surface area contributed by atoms with Crippen LogP contribution in [-0.4, -0.2) is 36.3 Å². The molecule has 5 heteroatoms. The summed E-state index contributed by atoms with van der Waals surface area (Å²) in [5.41, 5.74) is 2.25. The van der Waals surface area contributed by atoms with Crippen molar-refractivity contribution in [3.63, 3.8) is 0 Å². The third-order valence-corrected chi connectivity index (χ3v) is 5.82. The van der Waals surface area contributed by atoms with Gasteiger partial charge in [0.25, 0.3) is 5.91 Å². The Balaban J connectivity index is 1.52. The summed E-state index contributed by atoms with van der Waals surface area (Å²) >= 11 is 1.48. The molecule has 2 aliphatic heterocycles. The van der Waals surface area contributed by atoms with Gasteiger partial charge >= 0.3 is 0 Å². The number of hydrogen-bond donors (Lipinski definition) is 0. The van der Waals surface area contributed by atoms with Gasteiger partial charge in [0.05, 0.1) is 4.88 Å². The molecule has 0 saturated carbocycles. The molecule has 4 rings (SSSR count). The van der Waals surface area contributed by atoms with Crippen LogP contribution in [0.4, 0.5) is 5.69 Å². The minimum atomic E-state index is 0.0807. The maximum absolute atomic E-state index is 12.8. The molecule has 1 saturated heterocycles. The van der Waals surface area contributed by atoms with Crippen LogP contribution in [0.2, 0.25) is 0 Å². The lowest BCUT2D eigenvalue weighted by molar-refractivity contribution is -0.127. The zero-order valence-electron chi connectivity index (χ0n) is 13.5. The van der Waals surface area contributed by atoms with Crippen molar-refractivity contribution >= 4 is 28.8 Å². The molecule has 0 aliphatic carbocycles. The predicted octanol–water partition coefficient (Wildman–Crippen LogP) is 3.50. The summed E-state index contributed by atoms with van der Waals surface area (Å²) in [6.45, 7) is 2.38. The van der Waals surface area contributed by atoms with Crippen LogP contribution < -0.4 is 4.90 Å². The molecule has 1 aromatic heterocycles. The third-order valence-electron chi connectivity index (χ3n) is 4.97. The first-order valence-corrected chi connectivity index (χ1v) is 9.34. The normalized spacial score (nSPS) is 19.8. The van der Waals surface area contributed by atoms with Crippen molar-refractivity contribution in [3.05, 3.63) is 52.2 Å². The van der Waals surface area contributed by atoms with Gasteiger partial charge in [0.2, 0.25) is 5.91 Å². The lowest BCUT2D eigenvalue weighted by Gasteiger charge is -2.19. The van der Waals surface area contributed by atoms with E-state index in [9.17, 15) is 9.59 Å². The highest BCUT2D eigenvalue weighted by Crippen LogP contribution is 2.39. The minimum absolute atomic E-state index is 0.0807. The number of thiophene rings is 1. The number of hydrogen-bond acceptors (Lipinski definition) is 3. The summed E-state index contributed by atoms with van der Waals surface area (Å²) in [6, 6.07) is 12.0. The van der Waals surface area contributed by atoms with E-state index in [-0.39, 0.29) is 11.8 Å². The second-order valence-corrected chi connectivity index (χ2v) is 7.37. The highest BCUT2D eigenvalue weighted by atomic mass is 32.1. The molecule has 2 amide bonds. The molecule has 0 unspecified atom stereocenters. The Kier molecular flexibility index (Phi) is 4.10. The number of benzene rings is 1. The largest absolute Gasteiger partial charge is 0.343 e. The maximum Gasteiger partial charge on any atom is 0.268 e. The number of rotatable bonds is 4. The molecule has 24 heavy (non-hydrogen) atoms. The summed E-state index contributed by atoms with van der Waals surface area (Å²) in [5, 5.41) is 1.94. The fraction of sp³-hybridized carbons (Fsp3) is 0.368. The smallest absolute Gasteiger partial charge is 0.268 e. The zero-order chi connectivity index (χ0) is 16.5. The predicted molar refractivity (Wildman–Crippen MR) is 95.6 cm³/mol. The second-order valence-electron chi connectivity index (χ2n) is 6.42. The summed E-state index contributed by atoms with van der Waals surface area (Å²) in [7, 11) is 0. The summed E-state index contributed by atoms with van der Waals surface area (Å²) in [5.74, 6) is 0.656. The Bertz CT molecular complexity index is 756. The lowest BCUT2D eigenvalue weighted by atomic mass is 9.98. The van der Waals surface area contributed by atoms with Crippen LogP contribution in [0.1, 0.15) is 40.4 Å². The Morgan fingerprint density at radius 3 is 2.83 bits per heavy atom. The van der Waals surface area contributed by atoms with E-state index >= 15 is 0 Å². The highest BCUT2D eigenvalue weighted by Gasteiger charge is 2.33. The van der Waals surface area contributed by atoms with E-state index in [1.807, 2.05) is 45.5 Å². The van der Waals surface area contributed by atoms with Crippen LogP contribution in [0, 0.1) is 0 Å². The van der Waals surface area contributed by atoms with E-state index in [2.05, 4.69) is 6.07 Å². The van der Waals surface area contributed by atoms with Crippen LogP contribution >= 0.6 is 11.3 Å². The second kappa shape index (κ2) is 6.40. The fourth-order valence-corrected chi connectivity index (χ4v) is 4.39. The molecule has 124 valence electrons. The number of amides is 2. The van der Waals surface area contributed by atoms with Crippen LogP contribution in [0.25, 0.3) is 0 Å². The van der Waals surface area contributed by atoms with Crippen molar-refractivity contribution in [1.82, 2.24) is 4.90 Å². The quantitative estimate of drug-likeness (QED) is 0.855. The number of para-hydroxylation sites is 1. The molecule has 1 fully saturated rings. The van der Waals surface area contributed by atoms with E-state index in [1.165, 1.54) is 16.9 Å². The summed E-state index contributed by atoms with van der Waals surface area (Å²) in [4.78, 5) is 29.3. The zero-order valence-corrected chi connectivity index (χ0v) is 14.3. The van der Waals surface area contributed by atoms with E-state index in [4.69, 9.17) is 0 Å². The number of likely N-dealkylation sites (tertiary alicyclic amines) is 1. The first-order chi connectivity index (χ1) is 11.7. The van der Waals surface area contributed by atoms with E-state index in [0.717, 1.165) is 36.5 Å². The van der Waals surface area contributed by atoms with Crippen molar-refractivity contribution in [1.29, 1.82) is 0 Å². The first kappa shape index (κ1) is 15.4. The van der Waals surface area contributed by atoms with Crippen LogP contribution in [0.5, 0.6) is 0 Å². The SMILES string of the molecule is O=C1CCCN1CC[C@H]1CN(C(=O)c2cccs2)c2ccccc21. The molecular formula is C19H20N2O2S. The number of anilines is 1. The fourth-order valence-electron chi connectivity index (χ4n) is 3.72. The molecular weight excluding hydrogens is 320 g/mol. The average Bonchev–Trinajstić information content (AvgIpc) is 3.33. The number of carbonyl (C=O) groups is 2. The van der Waals surface area contributed by atoms with Gasteiger partial charge in [-0.25, -0.2) is 0 Å². The van der Waals surface area contributed by atoms with Gasteiger partial charge in [-0.05, 0) is 35.9 Å². The highest BCUT2D eigenvalue weighted by molar-refractivity contribution is 7.12. The van der Waals surface area contributed by atoms with Crippen LogP contribution in [0.15, 0.2) is 41.8 Å². The van der Waals surface area contributed by atoms with E-state index in [1.54, 1.807) is 0 Å². The molecule has 0 bridgehead atoms. The van der Waals surface area contributed by atoms with Crippen molar-refractivity contribution in [2.45, 2.75) is 25.2 Å². The maximum atomic E-state index is 12.8. The topological polar surface area (TPSA) is 40.6 Å². The molecule has 2 aliphatic rings. The van der Waals surface area contributed by atoms with Gasteiger partial charge in [0.1, 0.15) is 0 Å². The Morgan fingerprint density at radius 1 is 1.21 bits per heavy atom. The van der Waals surface area contributed by atoms with Crippen molar-refractivity contribution in [2.24, 2.45) is 0 Å². The first-order valence-electron chi connectivity index (χ1n) is 8.46. The van der Waals surface area contributed by atoms with Crippen LogP contribution in [0.3, 0.4) is 0 Å². The van der Waals surface area contributed by atoms with E-state index < -0.39 is 0 Å². The van der Waals surface area contributed by atoms with Gasteiger partial charge in [-0.15, -0.1) is 11.3 Å². The van der Waals surface area contributed by atoms with Gasteiger partial charge in [0, 0.05) is 37.7 Å². The Morgan fingerprint density at radius 2 is 2.08 bits per heavy atom. The van der Waals surface area contributed by atoms with Gasteiger partial charge in [-0.3, -0.25) is 9.59 Å². The molecule has 0 N–H and O–H groups in total. The molecule has 2 aromatic rings. The van der Waals surface area contributed by atoms with Gasteiger partial charge < -0.3 is 9.80 Å². The average molecular weight is 340 g/mol. The number of nitrogens with zero attached hydrogens (tertiary/aromatic N) is 2. The Labute approximate surface area is 145 Å².